The van der Waals surface area contributed by atoms with Crippen LogP contribution in [0.1, 0.15) is 11.6 Å². The summed E-state index contributed by atoms with van der Waals surface area (Å²) in [5.74, 6) is 0. The monoisotopic (exact) mass is 225 g/mol. The molecule has 15 heavy (non-hydrogen) atoms. The van der Waals surface area contributed by atoms with E-state index in [0.717, 1.165) is 16.6 Å². The molecular weight excluding hydrogens is 214 g/mol. The molecule has 1 aromatic carbocycles. The summed E-state index contributed by atoms with van der Waals surface area (Å²) in [6.07, 6.45) is 1.70. The summed E-state index contributed by atoms with van der Waals surface area (Å²) in [5, 5.41) is 9.65. The highest BCUT2D eigenvalue weighted by Gasteiger charge is 2.13. The first-order valence-electron chi connectivity index (χ1n) is 4.60. The molecule has 80 valence electrons. The first-order valence-corrected chi connectivity index (χ1v) is 4.98. The van der Waals surface area contributed by atoms with Crippen LogP contribution in [0, 0.1) is 0 Å². The number of aliphatic hydroxyl groups excluding tert-OH is 1. The first kappa shape index (κ1) is 10.4. The molecule has 1 atom stereocenters. The Morgan fingerprint density at radius 1 is 1.60 bits per heavy atom. The maximum absolute atomic E-state index is 9.07. The second-order valence-electron chi connectivity index (χ2n) is 3.51. The normalized spacial score (nSPS) is 13.3. The van der Waals surface area contributed by atoms with Gasteiger partial charge in [-0.15, -0.1) is 0 Å². The van der Waals surface area contributed by atoms with Crippen molar-refractivity contribution in [2.75, 3.05) is 6.61 Å². The minimum Gasteiger partial charge on any atom is -0.394 e. The number of hydrogen-bond donors (Lipinski definition) is 2. The van der Waals surface area contributed by atoms with E-state index in [9.17, 15) is 0 Å². The molecule has 0 saturated carbocycles. The topological polar surface area (TPSA) is 64.1 Å². The smallest absolute Gasteiger partial charge is 0.0955 e. The first-order chi connectivity index (χ1) is 7.13. The molecule has 5 heteroatoms. The van der Waals surface area contributed by atoms with Crippen LogP contribution in [-0.2, 0) is 7.05 Å². The van der Waals surface area contributed by atoms with Gasteiger partial charge in [-0.2, -0.15) is 0 Å². The molecule has 0 saturated heterocycles. The fourth-order valence-corrected chi connectivity index (χ4v) is 1.90. The molecule has 0 aliphatic carbocycles. The van der Waals surface area contributed by atoms with Crippen LogP contribution >= 0.6 is 11.6 Å². The summed E-state index contributed by atoms with van der Waals surface area (Å²) >= 11 is 5.95. The van der Waals surface area contributed by atoms with E-state index in [-0.39, 0.29) is 6.61 Å². The summed E-state index contributed by atoms with van der Waals surface area (Å²) in [6, 6.07) is 3.12. The van der Waals surface area contributed by atoms with E-state index in [2.05, 4.69) is 4.98 Å². The van der Waals surface area contributed by atoms with Crippen molar-refractivity contribution >= 4 is 22.6 Å². The predicted octanol–water partition coefficient (Wildman–Crippen LogP) is 1.22. The second kappa shape index (κ2) is 3.81. The molecule has 2 rings (SSSR count). The van der Waals surface area contributed by atoms with E-state index < -0.39 is 6.04 Å². The minimum absolute atomic E-state index is 0.110. The highest BCUT2D eigenvalue weighted by Crippen LogP contribution is 2.26. The highest BCUT2D eigenvalue weighted by atomic mass is 35.5. The fourth-order valence-electron chi connectivity index (χ4n) is 1.68. The Morgan fingerprint density at radius 2 is 2.33 bits per heavy atom. The second-order valence-corrected chi connectivity index (χ2v) is 3.94. The number of hydrogen-bond acceptors (Lipinski definition) is 3. The van der Waals surface area contributed by atoms with Crippen LogP contribution < -0.4 is 5.73 Å². The van der Waals surface area contributed by atoms with Crippen LogP contribution in [0.3, 0.4) is 0 Å². The van der Waals surface area contributed by atoms with Crippen molar-refractivity contribution in [2.24, 2.45) is 12.8 Å². The van der Waals surface area contributed by atoms with E-state index >= 15 is 0 Å². The zero-order valence-electron chi connectivity index (χ0n) is 8.31. The Labute approximate surface area is 92.3 Å². The minimum atomic E-state index is -0.429. The summed E-state index contributed by atoms with van der Waals surface area (Å²) < 4.78 is 1.87. The summed E-state index contributed by atoms with van der Waals surface area (Å²) in [4.78, 5) is 4.20. The van der Waals surface area contributed by atoms with Crippen LogP contribution in [0.4, 0.5) is 0 Å². The molecule has 1 heterocycles. The van der Waals surface area contributed by atoms with Crippen molar-refractivity contribution in [1.29, 1.82) is 0 Å². The molecular formula is C10H12ClN3O. The SMILES string of the molecule is Cn1cnc2cc(Cl)cc(C(N)CO)c21. The van der Waals surface area contributed by atoms with Crippen molar-refractivity contribution in [3.63, 3.8) is 0 Å². The molecule has 0 aliphatic heterocycles. The average Bonchev–Trinajstić information content (AvgIpc) is 2.58. The van der Waals surface area contributed by atoms with Crippen LogP contribution in [-0.4, -0.2) is 21.3 Å². The standard InChI is InChI=1S/C10H12ClN3O/c1-14-5-13-9-3-6(11)2-7(10(9)14)8(12)4-15/h2-3,5,8,15H,4,12H2,1H3. The lowest BCUT2D eigenvalue weighted by Gasteiger charge is -2.11. The number of aliphatic hydroxyl groups is 1. The molecule has 0 fully saturated rings. The molecule has 4 nitrogen and oxygen atoms in total. The van der Waals surface area contributed by atoms with E-state index in [0.29, 0.717) is 5.02 Å². The zero-order valence-corrected chi connectivity index (χ0v) is 9.07. The van der Waals surface area contributed by atoms with Gasteiger partial charge in [0.1, 0.15) is 0 Å². The van der Waals surface area contributed by atoms with Crippen molar-refractivity contribution < 1.29 is 5.11 Å². The largest absolute Gasteiger partial charge is 0.394 e. The van der Waals surface area contributed by atoms with Gasteiger partial charge in [-0.3, -0.25) is 0 Å². The van der Waals surface area contributed by atoms with E-state index in [1.165, 1.54) is 0 Å². The lowest BCUT2D eigenvalue weighted by atomic mass is 10.1. The Bertz CT molecular complexity index is 495. The van der Waals surface area contributed by atoms with Gasteiger partial charge in [0.05, 0.1) is 30.0 Å². The average molecular weight is 226 g/mol. The molecule has 2 aromatic rings. The molecule has 0 bridgehead atoms. The number of benzene rings is 1. The Kier molecular flexibility index (Phi) is 2.65. The number of aromatic nitrogens is 2. The highest BCUT2D eigenvalue weighted by molar-refractivity contribution is 6.31. The quantitative estimate of drug-likeness (QED) is 0.808. The molecule has 1 aromatic heterocycles. The molecule has 3 N–H and O–H groups in total. The number of halogens is 1. The Balaban J connectivity index is 2.74. The summed E-state index contributed by atoms with van der Waals surface area (Å²) in [7, 11) is 1.89. The number of imidazole rings is 1. The Hall–Kier alpha value is -1.10. The van der Waals surface area contributed by atoms with E-state index in [1.807, 2.05) is 11.6 Å². The molecule has 0 radical (unpaired) electrons. The maximum Gasteiger partial charge on any atom is 0.0955 e. The Morgan fingerprint density at radius 3 is 3.00 bits per heavy atom. The third-order valence-electron chi connectivity index (χ3n) is 2.40. The van der Waals surface area contributed by atoms with E-state index in [1.54, 1.807) is 18.5 Å². The lowest BCUT2D eigenvalue weighted by molar-refractivity contribution is 0.268. The van der Waals surface area contributed by atoms with Crippen molar-refractivity contribution in [2.45, 2.75) is 6.04 Å². The molecule has 1 unspecified atom stereocenters. The fraction of sp³-hybridized carbons (Fsp3) is 0.300. The number of nitrogens with zero attached hydrogens (tertiary/aromatic N) is 2. The van der Waals surface area contributed by atoms with Crippen molar-refractivity contribution in [3.8, 4) is 0 Å². The summed E-state index contributed by atoms with van der Waals surface area (Å²) in [6.45, 7) is -0.110. The van der Waals surface area contributed by atoms with Crippen molar-refractivity contribution in [1.82, 2.24) is 9.55 Å². The number of nitrogens with two attached hydrogens (primary N) is 1. The zero-order chi connectivity index (χ0) is 11.0. The van der Waals surface area contributed by atoms with Crippen molar-refractivity contribution in [3.05, 3.63) is 29.0 Å². The maximum atomic E-state index is 9.07. The van der Waals surface area contributed by atoms with Crippen LogP contribution in [0.25, 0.3) is 11.0 Å². The van der Waals surface area contributed by atoms with Crippen LogP contribution in [0.15, 0.2) is 18.5 Å². The van der Waals surface area contributed by atoms with Gasteiger partial charge in [0.15, 0.2) is 0 Å². The van der Waals surface area contributed by atoms with Crippen LogP contribution in [0.5, 0.6) is 0 Å². The van der Waals surface area contributed by atoms with Gasteiger partial charge in [0.25, 0.3) is 0 Å². The van der Waals surface area contributed by atoms with Gasteiger partial charge in [0.2, 0.25) is 0 Å². The van der Waals surface area contributed by atoms with Gasteiger partial charge >= 0.3 is 0 Å². The molecule has 0 aliphatic rings. The number of aryl methyl sites for hydroxylation is 1. The molecule has 0 amide bonds. The number of rotatable bonds is 2. The third-order valence-corrected chi connectivity index (χ3v) is 2.62. The van der Waals surface area contributed by atoms with Crippen LogP contribution in [0.2, 0.25) is 5.02 Å². The van der Waals surface area contributed by atoms with Gasteiger partial charge in [-0.1, -0.05) is 11.6 Å². The van der Waals surface area contributed by atoms with Gasteiger partial charge in [-0.05, 0) is 17.7 Å². The van der Waals surface area contributed by atoms with Gasteiger partial charge in [-0.25, -0.2) is 4.98 Å². The predicted molar refractivity (Wildman–Crippen MR) is 59.7 cm³/mol. The lowest BCUT2D eigenvalue weighted by Crippen LogP contribution is -2.15. The third kappa shape index (κ3) is 1.71. The molecule has 0 spiro atoms. The van der Waals surface area contributed by atoms with Gasteiger partial charge < -0.3 is 15.4 Å². The van der Waals surface area contributed by atoms with Gasteiger partial charge in [0, 0.05) is 12.1 Å². The van der Waals surface area contributed by atoms with E-state index in [4.69, 9.17) is 22.4 Å². The summed E-state index contributed by atoms with van der Waals surface area (Å²) in [5.41, 5.74) is 8.34. The number of fused-ring (bicyclic) bond motifs is 1.